The number of fused-ring (bicyclic) bond motifs is 1. The van der Waals surface area contributed by atoms with Crippen LogP contribution in [0.3, 0.4) is 0 Å². The van der Waals surface area contributed by atoms with Crippen molar-refractivity contribution in [2.45, 2.75) is 12.8 Å². The highest BCUT2D eigenvalue weighted by Crippen LogP contribution is 2.39. The van der Waals surface area contributed by atoms with Crippen LogP contribution in [0.15, 0.2) is 77.9 Å². The monoisotopic (exact) mass is 399 g/mol. The van der Waals surface area contributed by atoms with E-state index in [0.717, 1.165) is 22.5 Å². The first-order valence-corrected chi connectivity index (χ1v) is 9.52. The Morgan fingerprint density at radius 3 is 2.60 bits per heavy atom. The van der Waals surface area contributed by atoms with Crippen molar-refractivity contribution in [3.8, 4) is 22.7 Å². The van der Waals surface area contributed by atoms with E-state index in [0.29, 0.717) is 29.9 Å². The third-order valence-electron chi connectivity index (χ3n) is 5.14. The number of hydrogen-bond acceptors (Lipinski definition) is 4. The molecule has 4 N–H and O–H groups in total. The van der Waals surface area contributed by atoms with Crippen molar-refractivity contribution in [3.63, 3.8) is 0 Å². The number of aliphatic imine (C=N–C) groups is 1. The lowest BCUT2D eigenvalue weighted by molar-refractivity contribution is 0.0693. The summed E-state index contributed by atoms with van der Waals surface area (Å²) < 4.78 is 2.02. The zero-order chi connectivity index (χ0) is 21.3. The van der Waals surface area contributed by atoms with Gasteiger partial charge in [0.2, 0.25) is 0 Å². The number of carboxylic acid groups (broad SMARTS) is 1. The second kappa shape index (κ2) is 7.75. The molecule has 1 aliphatic carbocycles. The van der Waals surface area contributed by atoms with Crippen LogP contribution in [-0.4, -0.2) is 27.0 Å². The van der Waals surface area contributed by atoms with E-state index in [1.54, 1.807) is 18.4 Å². The normalized spacial score (nSPS) is 13.5. The minimum absolute atomic E-state index is 0.148. The topological polar surface area (TPSA) is 101 Å². The number of phenols is 1. The zero-order valence-electron chi connectivity index (χ0n) is 16.2. The van der Waals surface area contributed by atoms with Gasteiger partial charge in [0.1, 0.15) is 11.3 Å². The Balaban J connectivity index is 2.01. The predicted octanol–water partition coefficient (Wildman–Crippen LogP) is 4.38. The Labute approximate surface area is 173 Å². The molecule has 0 radical (unpaired) electrons. The molecule has 0 saturated carbocycles. The van der Waals surface area contributed by atoms with E-state index >= 15 is 0 Å². The fraction of sp³-hybridized carbons (Fsp3) is 0.0833. The lowest BCUT2D eigenvalue weighted by Crippen LogP contribution is -2.13. The smallest absolute Gasteiger partial charge is 0.339 e. The highest BCUT2D eigenvalue weighted by Gasteiger charge is 2.25. The van der Waals surface area contributed by atoms with Crippen LogP contribution in [0.25, 0.3) is 22.6 Å². The summed E-state index contributed by atoms with van der Waals surface area (Å²) in [6.45, 7) is 3.68. The molecular formula is C24H21N3O3. The van der Waals surface area contributed by atoms with E-state index in [9.17, 15) is 15.0 Å². The van der Waals surface area contributed by atoms with Gasteiger partial charge in [-0.2, -0.15) is 0 Å². The second-order valence-corrected chi connectivity index (χ2v) is 6.99. The number of rotatable bonds is 5. The minimum Gasteiger partial charge on any atom is -0.507 e. The Hall–Kier alpha value is -4.06. The molecule has 150 valence electrons. The molecular weight excluding hydrogens is 378 g/mol. The highest BCUT2D eigenvalue weighted by molar-refractivity contribution is 5.92. The van der Waals surface area contributed by atoms with Crippen LogP contribution < -0.4 is 5.73 Å². The Bertz CT molecular complexity index is 1200. The van der Waals surface area contributed by atoms with Crippen molar-refractivity contribution in [3.05, 3.63) is 89.8 Å². The highest BCUT2D eigenvalue weighted by atomic mass is 16.4. The summed E-state index contributed by atoms with van der Waals surface area (Å²) in [5, 5.41) is 19.4. The Morgan fingerprint density at radius 2 is 1.90 bits per heavy atom. The van der Waals surface area contributed by atoms with Crippen molar-refractivity contribution < 1.29 is 15.0 Å². The molecule has 3 aromatic rings. The molecule has 0 unspecified atom stereocenters. The molecule has 0 aliphatic heterocycles. The van der Waals surface area contributed by atoms with Crippen LogP contribution in [-0.2, 0) is 6.42 Å². The van der Waals surface area contributed by atoms with E-state index in [1.165, 1.54) is 12.1 Å². The third-order valence-corrected chi connectivity index (χ3v) is 5.14. The van der Waals surface area contributed by atoms with E-state index < -0.39 is 5.97 Å². The number of aromatic carboxylic acids is 1. The van der Waals surface area contributed by atoms with E-state index in [2.05, 4.69) is 11.6 Å². The predicted molar refractivity (Wildman–Crippen MR) is 118 cm³/mol. The summed E-state index contributed by atoms with van der Waals surface area (Å²) in [5.41, 5.74) is 11.9. The number of nitrogens with two attached hydrogens (primary N) is 1. The summed E-state index contributed by atoms with van der Waals surface area (Å²) >= 11 is 0. The van der Waals surface area contributed by atoms with Gasteiger partial charge in [-0.1, -0.05) is 43.0 Å². The number of hydrogen-bond donors (Lipinski definition) is 3. The van der Waals surface area contributed by atoms with Gasteiger partial charge in [0.25, 0.3) is 0 Å². The van der Waals surface area contributed by atoms with Crippen molar-refractivity contribution in [1.82, 2.24) is 4.57 Å². The lowest BCUT2D eigenvalue weighted by atomic mass is 9.98. The first kappa shape index (κ1) is 19.3. The molecule has 0 fully saturated rings. The Kier molecular flexibility index (Phi) is 4.98. The summed E-state index contributed by atoms with van der Waals surface area (Å²) in [7, 11) is 0. The summed E-state index contributed by atoms with van der Waals surface area (Å²) in [4.78, 5) is 16.1. The van der Waals surface area contributed by atoms with Crippen LogP contribution in [0.2, 0.25) is 0 Å². The molecule has 0 amide bonds. The van der Waals surface area contributed by atoms with Gasteiger partial charge < -0.3 is 20.5 Å². The average Bonchev–Trinajstić information content (AvgIpc) is 3.13. The molecule has 1 heterocycles. The standard InChI is InChI=1S/C24H21N3O3/c1-2-12-26-23-17-14-21(15-6-4-3-5-7-15)27(20(17)10-9-19(23)25)16-8-11-22(28)18(13-16)24(29)30/h2-8,11-14,28H,1,9-10,25H2,(H,29,30)/b26-12-. The van der Waals surface area contributed by atoms with Gasteiger partial charge in [-0.25, -0.2) is 4.79 Å². The zero-order valence-corrected chi connectivity index (χ0v) is 16.2. The summed E-state index contributed by atoms with van der Waals surface area (Å²) in [6, 6.07) is 16.5. The fourth-order valence-corrected chi connectivity index (χ4v) is 3.78. The van der Waals surface area contributed by atoms with Crippen LogP contribution in [0, 0.1) is 0 Å². The number of carbonyl (C=O) groups is 1. The summed E-state index contributed by atoms with van der Waals surface area (Å²) in [6.07, 6.45) is 4.53. The van der Waals surface area contributed by atoms with Gasteiger partial charge >= 0.3 is 5.97 Å². The third kappa shape index (κ3) is 3.28. The number of allylic oxidation sites excluding steroid dienone is 2. The van der Waals surface area contributed by atoms with E-state index in [-0.39, 0.29) is 11.3 Å². The summed E-state index contributed by atoms with van der Waals surface area (Å²) in [5.74, 6) is -1.45. The minimum atomic E-state index is -1.18. The lowest BCUT2D eigenvalue weighted by Gasteiger charge is -2.19. The largest absolute Gasteiger partial charge is 0.507 e. The number of nitrogens with zero attached hydrogens (tertiary/aromatic N) is 2. The molecule has 0 bridgehead atoms. The number of aromatic nitrogens is 1. The fourth-order valence-electron chi connectivity index (χ4n) is 3.78. The maximum Gasteiger partial charge on any atom is 0.339 e. The van der Waals surface area contributed by atoms with Crippen molar-refractivity contribution in [2.24, 2.45) is 10.7 Å². The van der Waals surface area contributed by atoms with Crippen LogP contribution in [0.5, 0.6) is 5.75 Å². The second-order valence-electron chi connectivity index (χ2n) is 6.99. The average molecular weight is 399 g/mol. The molecule has 0 atom stereocenters. The van der Waals surface area contributed by atoms with Crippen LogP contribution >= 0.6 is 0 Å². The molecule has 1 aromatic heterocycles. The molecule has 30 heavy (non-hydrogen) atoms. The molecule has 6 heteroatoms. The van der Waals surface area contributed by atoms with Crippen LogP contribution in [0.4, 0.5) is 0 Å². The number of benzene rings is 2. The number of carboxylic acids is 1. The first-order chi connectivity index (χ1) is 14.5. The van der Waals surface area contributed by atoms with Gasteiger partial charge in [-0.15, -0.1) is 0 Å². The maximum atomic E-state index is 11.6. The van der Waals surface area contributed by atoms with Gasteiger partial charge in [-0.3, -0.25) is 4.99 Å². The van der Waals surface area contributed by atoms with Crippen molar-refractivity contribution >= 4 is 17.9 Å². The quantitative estimate of drug-likeness (QED) is 0.554. The molecule has 0 spiro atoms. The molecule has 0 saturated heterocycles. The van der Waals surface area contributed by atoms with Gasteiger partial charge in [0.15, 0.2) is 0 Å². The van der Waals surface area contributed by atoms with Crippen LogP contribution in [0.1, 0.15) is 28.0 Å². The maximum absolute atomic E-state index is 11.6. The SMILES string of the molecule is C=C/C=N\C1=C(N)CCc2c1cc(-c1ccccc1)n2-c1ccc(O)c(C(=O)O)c1. The molecule has 4 rings (SSSR count). The van der Waals surface area contributed by atoms with Gasteiger partial charge in [0.05, 0.1) is 11.4 Å². The van der Waals surface area contributed by atoms with Gasteiger partial charge in [0, 0.05) is 28.9 Å². The molecule has 1 aliphatic rings. The van der Waals surface area contributed by atoms with Crippen molar-refractivity contribution in [1.29, 1.82) is 0 Å². The van der Waals surface area contributed by atoms with Gasteiger partial charge in [-0.05, 0) is 42.7 Å². The molecule has 2 aromatic carbocycles. The van der Waals surface area contributed by atoms with E-state index in [4.69, 9.17) is 5.73 Å². The number of aromatic hydroxyl groups is 1. The Morgan fingerprint density at radius 1 is 1.13 bits per heavy atom. The first-order valence-electron chi connectivity index (χ1n) is 9.52. The molecule has 6 nitrogen and oxygen atoms in total. The van der Waals surface area contributed by atoms with Crippen molar-refractivity contribution in [2.75, 3.05) is 0 Å². The van der Waals surface area contributed by atoms with E-state index in [1.807, 2.05) is 41.0 Å².